The van der Waals surface area contributed by atoms with Crippen LogP contribution < -0.4 is 0 Å². The first kappa shape index (κ1) is 30.8. The van der Waals surface area contributed by atoms with Crippen molar-refractivity contribution in [2.24, 2.45) is 33.5 Å². The van der Waals surface area contributed by atoms with E-state index in [0.29, 0.717) is 36.8 Å². The number of hydrogen-bond donors (Lipinski definition) is 2. The Hall–Kier alpha value is -1.14. The number of benzene rings is 1. The summed E-state index contributed by atoms with van der Waals surface area (Å²) < 4.78 is 66.1. The summed E-state index contributed by atoms with van der Waals surface area (Å²) in [6, 6.07) is 7.33. The van der Waals surface area contributed by atoms with E-state index in [1.165, 1.54) is 0 Å². The molecule has 4 fully saturated rings. The Labute approximate surface area is 252 Å². The summed E-state index contributed by atoms with van der Waals surface area (Å²) in [7, 11) is -8.66. The van der Waals surface area contributed by atoms with Gasteiger partial charge in [0.25, 0.3) is 20.2 Å². The molecule has 1 aromatic rings. The predicted octanol–water partition coefficient (Wildman–Crippen LogP) is 3.86. The van der Waals surface area contributed by atoms with Crippen molar-refractivity contribution in [2.75, 3.05) is 11.5 Å². The van der Waals surface area contributed by atoms with E-state index in [1.54, 1.807) is 12.2 Å². The topological polar surface area (TPSA) is 143 Å². The third kappa shape index (κ3) is 4.58. The minimum Gasteiger partial charge on any atom is -0.294 e. The fraction of sp³-hybridized carbons (Fsp3) is 0.571. The molecule has 4 aliphatic rings. The van der Waals surface area contributed by atoms with Crippen molar-refractivity contribution < 1.29 is 35.5 Å². The molecule has 0 amide bonds. The van der Waals surface area contributed by atoms with Crippen LogP contribution in [0.5, 0.6) is 0 Å². The largest absolute Gasteiger partial charge is 0.294 e. The number of carbonyl (C=O) groups excluding carboxylic acids is 2. The SMILES string of the molecule is CC1(C)C2CCC1(CS(=O)(=O)O)C(=O)/C2=C\c1ccc(/C=C2/C(=O)C3(CS(=O)(=O)O)CCC2C3(C)C)cc1.[Na]. The van der Waals surface area contributed by atoms with Crippen LogP contribution in [0.4, 0.5) is 0 Å². The monoisotopic (exact) mass is 585 g/mol. The Morgan fingerprint density at radius 2 is 1.03 bits per heavy atom. The Balaban J connectivity index is 0.00000353. The van der Waals surface area contributed by atoms with Crippen LogP contribution >= 0.6 is 0 Å². The molecule has 0 spiro atoms. The number of Topliss-reactive ketones (excluding diaryl/α,β-unsaturated/α-hetero) is 2. The molecule has 4 unspecified atom stereocenters. The fourth-order valence-electron chi connectivity index (χ4n) is 8.23. The Morgan fingerprint density at radius 3 is 1.31 bits per heavy atom. The molecule has 1 radical (unpaired) electrons. The summed E-state index contributed by atoms with van der Waals surface area (Å²) in [5.41, 5.74) is -0.762. The van der Waals surface area contributed by atoms with Gasteiger partial charge in [0.2, 0.25) is 0 Å². The van der Waals surface area contributed by atoms with E-state index in [-0.39, 0.29) is 53.0 Å². The third-order valence-corrected chi connectivity index (χ3v) is 12.2. The Kier molecular flexibility index (Phi) is 7.46. The molecule has 207 valence electrons. The zero-order valence-electron chi connectivity index (χ0n) is 23.0. The molecule has 0 heterocycles. The Morgan fingerprint density at radius 1 is 0.718 bits per heavy atom. The quantitative estimate of drug-likeness (QED) is 0.291. The van der Waals surface area contributed by atoms with Crippen molar-refractivity contribution in [1.29, 1.82) is 0 Å². The second-order valence-corrected chi connectivity index (χ2v) is 15.7. The number of allylic oxidation sites excluding steroid dienone is 2. The number of rotatable bonds is 6. The first-order chi connectivity index (χ1) is 17.3. The molecule has 0 saturated heterocycles. The molecule has 4 bridgehead atoms. The summed E-state index contributed by atoms with van der Waals surface area (Å²) in [4.78, 5) is 26.9. The van der Waals surface area contributed by atoms with Gasteiger partial charge in [-0.05, 0) is 71.6 Å². The third-order valence-electron chi connectivity index (χ3n) is 10.5. The first-order valence-corrected chi connectivity index (χ1v) is 16.1. The van der Waals surface area contributed by atoms with Crippen LogP contribution in [-0.4, -0.2) is 78.6 Å². The molecule has 4 atom stereocenters. The van der Waals surface area contributed by atoms with Crippen molar-refractivity contribution in [3.8, 4) is 0 Å². The van der Waals surface area contributed by atoms with Crippen molar-refractivity contribution in [3.63, 3.8) is 0 Å². The molecule has 8 nitrogen and oxygen atoms in total. The van der Waals surface area contributed by atoms with Crippen LogP contribution in [0.25, 0.3) is 12.2 Å². The molecular formula is C28H34NaO8S2. The smallest absolute Gasteiger partial charge is 0.265 e. The summed E-state index contributed by atoms with van der Waals surface area (Å²) >= 11 is 0. The van der Waals surface area contributed by atoms with Gasteiger partial charge in [0.1, 0.15) is 0 Å². The van der Waals surface area contributed by atoms with Gasteiger partial charge in [-0.3, -0.25) is 18.7 Å². The molecular weight excluding hydrogens is 551 g/mol. The van der Waals surface area contributed by atoms with Crippen molar-refractivity contribution in [2.45, 2.75) is 53.4 Å². The molecule has 4 saturated carbocycles. The van der Waals surface area contributed by atoms with Crippen molar-refractivity contribution in [1.82, 2.24) is 0 Å². The van der Waals surface area contributed by atoms with Gasteiger partial charge in [-0.15, -0.1) is 0 Å². The number of carbonyl (C=O) groups is 2. The van der Waals surface area contributed by atoms with E-state index in [4.69, 9.17) is 0 Å². The first-order valence-electron chi connectivity index (χ1n) is 12.9. The van der Waals surface area contributed by atoms with Crippen molar-refractivity contribution in [3.05, 3.63) is 46.5 Å². The van der Waals surface area contributed by atoms with Gasteiger partial charge in [-0.2, -0.15) is 16.8 Å². The van der Waals surface area contributed by atoms with Crippen molar-refractivity contribution >= 4 is 73.5 Å². The van der Waals surface area contributed by atoms with E-state index < -0.39 is 53.4 Å². The van der Waals surface area contributed by atoms with Gasteiger partial charge in [-0.1, -0.05) is 52.0 Å². The molecule has 4 aliphatic carbocycles. The van der Waals surface area contributed by atoms with Crippen LogP contribution in [-0.2, 0) is 29.8 Å². The molecule has 0 aromatic heterocycles. The zero-order chi connectivity index (χ0) is 28.1. The standard InChI is InChI=1S/C28H34O8S2.Na/c1-25(2)21-9-11-27(25,15-37(31,32)33)23(29)19(21)13-17-5-7-18(8-6-17)14-20-22-10-12-28(24(20)30,26(22,3)4)16-38(34,35)36;/h5-8,13-14,21-22H,9-12,15-16H2,1-4H3,(H,31,32,33)(H,34,35,36);/b19-13-,20-14+;. The maximum absolute atomic E-state index is 13.4. The van der Waals surface area contributed by atoms with Gasteiger partial charge in [0, 0.05) is 40.7 Å². The zero-order valence-corrected chi connectivity index (χ0v) is 26.7. The summed E-state index contributed by atoms with van der Waals surface area (Å²) in [6.45, 7) is 7.58. The normalized spacial score (nSPS) is 34.7. The molecule has 2 N–H and O–H groups in total. The van der Waals surface area contributed by atoms with E-state index in [1.807, 2.05) is 52.0 Å². The molecule has 0 aliphatic heterocycles. The van der Waals surface area contributed by atoms with Crippen LogP contribution in [0.15, 0.2) is 35.4 Å². The second-order valence-electron chi connectivity index (χ2n) is 12.8. The molecule has 11 heteroatoms. The average molecular weight is 586 g/mol. The maximum Gasteiger partial charge on any atom is 0.265 e. The van der Waals surface area contributed by atoms with E-state index >= 15 is 0 Å². The minimum absolute atomic E-state index is 0. The number of hydrogen-bond acceptors (Lipinski definition) is 6. The van der Waals surface area contributed by atoms with Gasteiger partial charge in [0.05, 0.1) is 22.3 Å². The van der Waals surface area contributed by atoms with E-state index in [0.717, 1.165) is 11.1 Å². The second kappa shape index (κ2) is 9.44. The number of fused-ring (bicyclic) bond motifs is 4. The fourth-order valence-corrected chi connectivity index (χ4v) is 10.8. The molecule has 39 heavy (non-hydrogen) atoms. The predicted molar refractivity (Wildman–Crippen MR) is 149 cm³/mol. The molecule has 5 rings (SSSR count). The van der Waals surface area contributed by atoms with E-state index in [2.05, 4.69) is 0 Å². The minimum atomic E-state index is -4.33. The Bertz CT molecular complexity index is 1400. The molecule has 1 aromatic carbocycles. The van der Waals surface area contributed by atoms with E-state index in [9.17, 15) is 35.5 Å². The van der Waals surface area contributed by atoms with Crippen LogP contribution in [0.3, 0.4) is 0 Å². The van der Waals surface area contributed by atoms with Gasteiger partial charge in [-0.25, -0.2) is 0 Å². The van der Waals surface area contributed by atoms with Crippen LogP contribution in [0, 0.1) is 33.5 Å². The maximum atomic E-state index is 13.4. The van der Waals surface area contributed by atoms with Gasteiger partial charge < -0.3 is 0 Å². The average Bonchev–Trinajstić information content (AvgIpc) is 3.27. The van der Waals surface area contributed by atoms with Gasteiger partial charge in [0.15, 0.2) is 11.6 Å². The van der Waals surface area contributed by atoms with Crippen LogP contribution in [0.1, 0.15) is 64.5 Å². The summed E-state index contributed by atoms with van der Waals surface area (Å²) in [5.74, 6) is -1.80. The summed E-state index contributed by atoms with van der Waals surface area (Å²) in [6.07, 6.45) is 5.80. The van der Waals surface area contributed by atoms with Crippen LogP contribution in [0.2, 0.25) is 0 Å². The van der Waals surface area contributed by atoms with Gasteiger partial charge >= 0.3 is 0 Å². The number of ketones is 2. The summed E-state index contributed by atoms with van der Waals surface area (Å²) in [5, 5.41) is 0.